The Bertz CT molecular complexity index is 999. The van der Waals surface area contributed by atoms with Gasteiger partial charge in [-0.15, -0.1) is 13.2 Å². The second-order valence-electron chi connectivity index (χ2n) is 8.70. The van der Waals surface area contributed by atoms with Gasteiger partial charge in [0.2, 0.25) is 11.8 Å². The van der Waals surface area contributed by atoms with Crippen LogP contribution in [0.25, 0.3) is 11.3 Å². The first-order valence-corrected chi connectivity index (χ1v) is 11.3. The van der Waals surface area contributed by atoms with Crippen LogP contribution in [-0.2, 0) is 16.1 Å². The number of carbonyl (C=O) groups is 2. The Labute approximate surface area is 189 Å². The zero-order valence-electron chi connectivity index (χ0n) is 18.2. The molecule has 2 N–H and O–H groups in total. The van der Waals surface area contributed by atoms with Gasteiger partial charge in [-0.3, -0.25) is 14.3 Å². The van der Waals surface area contributed by atoms with Crippen LogP contribution in [0.2, 0.25) is 0 Å². The van der Waals surface area contributed by atoms with Crippen molar-refractivity contribution >= 4 is 17.6 Å². The fourth-order valence-corrected chi connectivity index (χ4v) is 4.53. The van der Waals surface area contributed by atoms with Gasteiger partial charge in [0.1, 0.15) is 5.75 Å². The van der Waals surface area contributed by atoms with Gasteiger partial charge in [0.25, 0.3) is 0 Å². The molecular weight excluding hydrogens is 437 g/mol. The summed E-state index contributed by atoms with van der Waals surface area (Å²) in [5, 5.41) is 9.90. The molecule has 4 rings (SSSR count). The van der Waals surface area contributed by atoms with Gasteiger partial charge in [-0.05, 0) is 24.5 Å². The van der Waals surface area contributed by atoms with Crippen LogP contribution in [0.5, 0.6) is 5.75 Å². The number of halogens is 3. The van der Waals surface area contributed by atoms with Gasteiger partial charge in [-0.1, -0.05) is 44.2 Å². The Kier molecular flexibility index (Phi) is 6.90. The number of benzene rings is 1. The molecule has 1 aromatic carbocycles. The molecule has 10 heteroatoms. The molecule has 2 heterocycles. The number of carbonyl (C=O) groups excluding carboxylic acids is 2. The predicted molar refractivity (Wildman–Crippen MR) is 115 cm³/mol. The molecule has 2 aliphatic rings. The van der Waals surface area contributed by atoms with Gasteiger partial charge < -0.3 is 15.4 Å². The van der Waals surface area contributed by atoms with Crippen LogP contribution in [0.4, 0.5) is 19.0 Å². The van der Waals surface area contributed by atoms with E-state index in [1.165, 1.54) is 37.5 Å². The number of alkyl halides is 3. The van der Waals surface area contributed by atoms with Crippen LogP contribution in [0.1, 0.15) is 44.9 Å². The van der Waals surface area contributed by atoms with Crippen LogP contribution in [0.15, 0.2) is 30.3 Å². The summed E-state index contributed by atoms with van der Waals surface area (Å²) in [4.78, 5) is 24.0. The number of hydrogen-bond donors (Lipinski definition) is 2. The van der Waals surface area contributed by atoms with E-state index in [1.54, 1.807) is 16.8 Å². The lowest BCUT2D eigenvalue weighted by atomic mass is 9.87. The number of hydrogen-bond acceptors (Lipinski definition) is 4. The second kappa shape index (κ2) is 9.84. The summed E-state index contributed by atoms with van der Waals surface area (Å²) in [5.74, 6) is -0.385. The lowest BCUT2D eigenvalue weighted by Gasteiger charge is -2.21. The van der Waals surface area contributed by atoms with E-state index >= 15 is 0 Å². The Balaban J connectivity index is 1.56. The minimum Gasteiger partial charge on any atom is -0.406 e. The van der Waals surface area contributed by atoms with Crippen molar-refractivity contribution < 1.29 is 27.5 Å². The van der Waals surface area contributed by atoms with Gasteiger partial charge in [0.05, 0.1) is 11.6 Å². The fourth-order valence-electron chi connectivity index (χ4n) is 4.53. The Hall–Kier alpha value is -3.04. The quantitative estimate of drug-likeness (QED) is 0.632. The average Bonchev–Trinajstić information content (AvgIpc) is 3.38. The molecule has 1 saturated heterocycles. The second-order valence-corrected chi connectivity index (χ2v) is 8.70. The molecule has 7 nitrogen and oxygen atoms in total. The topological polar surface area (TPSA) is 85.2 Å². The summed E-state index contributed by atoms with van der Waals surface area (Å²) in [6.45, 7) is 0.862. The average molecular weight is 464 g/mol. The molecule has 0 spiro atoms. The molecule has 178 valence electrons. The monoisotopic (exact) mass is 464 g/mol. The zero-order valence-corrected chi connectivity index (χ0v) is 18.2. The minimum atomic E-state index is -4.79. The highest BCUT2D eigenvalue weighted by Crippen LogP contribution is 2.31. The van der Waals surface area contributed by atoms with Gasteiger partial charge in [0, 0.05) is 31.1 Å². The van der Waals surface area contributed by atoms with E-state index in [4.69, 9.17) is 0 Å². The van der Waals surface area contributed by atoms with Gasteiger partial charge in [0.15, 0.2) is 5.82 Å². The summed E-state index contributed by atoms with van der Waals surface area (Å²) in [6, 6.07) is 7.38. The highest BCUT2D eigenvalue weighted by Gasteiger charge is 2.31. The smallest absolute Gasteiger partial charge is 0.406 e. The van der Waals surface area contributed by atoms with Crippen LogP contribution in [-0.4, -0.2) is 34.5 Å². The number of nitrogens with one attached hydrogen (secondary N) is 2. The summed E-state index contributed by atoms with van der Waals surface area (Å²) in [6.07, 6.45) is 2.25. The van der Waals surface area contributed by atoms with Crippen LogP contribution < -0.4 is 15.4 Å². The largest absolute Gasteiger partial charge is 0.573 e. The SMILES string of the molecule is O=C1C[C@@H](C(=O)Nc2cc(-c3cccc(OC(F)(F)F)c3)n(CCC3CCCCC3)n2)CN1. The molecule has 1 aromatic heterocycles. The normalized spacial score (nSPS) is 19.4. The number of rotatable bonds is 7. The van der Waals surface area contributed by atoms with Crippen molar-refractivity contribution in [2.45, 2.75) is 57.9 Å². The van der Waals surface area contributed by atoms with E-state index in [9.17, 15) is 22.8 Å². The summed E-state index contributed by atoms with van der Waals surface area (Å²) < 4.78 is 43.9. The van der Waals surface area contributed by atoms with Crippen LogP contribution in [0.3, 0.4) is 0 Å². The van der Waals surface area contributed by atoms with E-state index in [-0.39, 0.29) is 30.5 Å². The van der Waals surface area contributed by atoms with E-state index in [0.717, 1.165) is 19.3 Å². The highest BCUT2D eigenvalue weighted by molar-refractivity contribution is 5.96. The molecule has 1 aliphatic heterocycles. The molecule has 0 radical (unpaired) electrons. The van der Waals surface area contributed by atoms with Crippen molar-refractivity contribution in [3.8, 4) is 17.0 Å². The molecule has 1 saturated carbocycles. The lowest BCUT2D eigenvalue weighted by molar-refractivity contribution is -0.274. The first-order valence-electron chi connectivity index (χ1n) is 11.3. The van der Waals surface area contributed by atoms with Gasteiger partial charge in [-0.2, -0.15) is 5.10 Å². The van der Waals surface area contributed by atoms with Crippen LogP contribution in [0, 0.1) is 11.8 Å². The zero-order chi connectivity index (χ0) is 23.4. The van der Waals surface area contributed by atoms with E-state index in [2.05, 4.69) is 20.5 Å². The third-order valence-corrected chi connectivity index (χ3v) is 6.22. The first-order chi connectivity index (χ1) is 15.8. The van der Waals surface area contributed by atoms with Gasteiger partial charge >= 0.3 is 6.36 Å². The standard InChI is InChI=1S/C23H27F3N4O3/c24-23(25,26)33-18-8-4-7-16(11-18)19-13-20(28-22(32)17-12-21(31)27-14-17)29-30(19)10-9-15-5-2-1-3-6-15/h4,7-8,11,13,15,17H,1-3,5-6,9-10,12,14H2,(H,27,31)(H,28,29,32)/t17-/m1/s1. The molecule has 0 unspecified atom stereocenters. The third-order valence-electron chi connectivity index (χ3n) is 6.22. The maximum absolute atomic E-state index is 12.7. The van der Waals surface area contributed by atoms with Crippen molar-refractivity contribution in [1.82, 2.24) is 15.1 Å². The number of ether oxygens (including phenoxy) is 1. The molecule has 2 amide bonds. The molecule has 2 fully saturated rings. The first kappa shape index (κ1) is 23.1. The summed E-state index contributed by atoms with van der Waals surface area (Å²) in [5.41, 5.74) is 1.10. The van der Waals surface area contributed by atoms with E-state index < -0.39 is 12.3 Å². The summed E-state index contributed by atoms with van der Waals surface area (Å²) in [7, 11) is 0. The minimum absolute atomic E-state index is 0.123. The molecule has 1 atom stereocenters. The summed E-state index contributed by atoms with van der Waals surface area (Å²) >= 11 is 0. The van der Waals surface area contributed by atoms with Crippen molar-refractivity contribution in [3.05, 3.63) is 30.3 Å². The number of aryl methyl sites for hydroxylation is 1. The third kappa shape index (κ3) is 6.27. The Morgan fingerprint density at radius 1 is 1.21 bits per heavy atom. The maximum Gasteiger partial charge on any atom is 0.573 e. The number of aromatic nitrogens is 2. The lowest BCUT2D eigenvalue weighted by Crippen LogP contribution is -2.25. The molecule has 33 heavy (non-hydrogen) atoms. The maximum atomic E-state index is 12.7. The van der Waals surface area contributed by atoms with Crippen LogP contribution >= 0.6 is 0 Å². The molecular formula is C23H27F3N4O3. The van der Waals surface area contributed by atoms with Gasteiger partial charge in [-0.25, -0.2) is 0 Å². The van der Waals surface area contributed by atoms with Crippen molar-refractivity contribution in [3.63, 3.8) is 0 Å². The van der Waals surface area contributed by atoms with E-state index in [1.807, 2.05) is 0 Å². The van der Waals surface area contributed by atoms with E-state index in [0.29, 0.717) is 29.5 Å². The number of amides is 2. The molecule has 2 aromatic rings. The number of anilines is 1. The molecule has 1 aliphatic carbocycles. The van der Waals surface area contributed by atoms with Crippen molar-refractivity contribution in [1.29, 1.82) is 0 Å². The highest BCUT2D eigenvalue weighted by atomic mass is 19.4. The van der Waals surface area contributed by atoms with Crippen molar-refractivity contribution in [2.75, 3.05) is 11.9 Å². The Morgan fingerprint density at radius 2 is 2.00 bits per heavy atom. The predicted octanol–water partition coefficient (Wildman–Crippen LogP) is 4.49. The molecule has 0 bridgehead atoms. The fraction of sp³-hybridized carbons (Fsp3) is 0.522. The van der Waals surface area contributed by atoms with Crippen molar-refractivity contribution in [2.24, 2.45) is 11.8 Å². The number of nitrogens with zero attached hydrogens (tertiary/aromatic N) is 2. The Morgan fingerprint density at radius 3 is 2.70 bits per heavy atom.